The van der Waals surface area contributed by atoms with E-state index in [0.717, 1.165) is 22.6 Å². The lowest BCUT2D eigenvalue weighted by molar-refractivity contribution is -0.117. The van der Waals surface area contributed by atoms with E-state index in [0.29, 0.717) is 8.92 Å². The first kappa shape index (κ1) is 20.2. The third-order valence-corrected chi connectivity index (χ3v) is 8.02. The summed E-state index contributed by atoms with van der Waals surface area (Å²) in [5.41, 5.74) is 1.64. The zero-order chi connectivity index (χ0) is 19.4. The zero-order valence-electron chi connectivity index (χ0n) is 14.2. The van der Waals surface area contributed by atoms with Crippen molar-refractivity contribution in [2.45, 2.75) is 23.6 Å². The lowest BCUT2D eigenvalue weighted by atomic mass is 10.1. The van der Waals surface area contributed by atoms with Crippen molar-refractivity contribution in [1.29, 1.82) is 0 Å². The van der Waals surface area contributed by atoms with Crippen molar-refractivity contribution in [2.24, 2.45) is 0 Å². The van der Waals surface area contributed by atoms with E-state index in [-0.39, 0.29) is 10.6 Å². The fraction of sp³-hybridized carbons (Fsp3) is 0.176. The number of rotatable bonds is 7. The number of aryl methyl sites for hydroxylation is 1. The molecule has 0 aliphatic heterocycles. The predicted octanol–water partition coefficient (Wildman–Crippen LogP) is 3.80. The van der Waals surface area contributed by atoms with Crippen molar-refractivity contribution in [3.05, 3.63) is 62.9 Å². The monoisotopic (exact) mass is 485 g/mol. The number of benzene rings is 1. The molecule has 0 fully saturated rings. The molecule has 0 saturated carbocycles. The highest BCUT2D eigenvalue weighted by atomic mass is 79.9. The summed E-state index contributed by atoms with van der Waals surface area (Å²) < 4.78 is 28.8. The molecule has 1 atom stereocenters. The van der Waals surface area contributed by atoms with Gasteiger partial charge in [0.2, 0.25) is 5.91 Å². The number of aromatic nitrogens is 1. The van der Waals surface area contributed by atoms with Crippen LogP contribution in [-0.4, -0.2) is 25.4 Å². The molecule has 2 aromatic heterocycles. The Labute approximate surface area is 173 Å². The average molecular weight is 486 g/mol. The number of thiazole rings is 1. The Morgan fingerprint density at radius 1 is 1.22 bits per heavy atom. The number of carbonyl (C=O) groups excluding carboxylic acids is 1. The van der Waals surface area contributed by atoms with Crippen molar-refractivity contribution in [3.8, 4) is 0 Å². The Morgan fingerprint density at radius 2 is 1.96 bits per heavy atom. The van der Waals surface area contributed by atoms with Gasteiger partial charge in [0, 0.05) is 5.38 Å². The molecule has 27 heavy (non-hydrogen) atoms. The third kappa shape index (κ3) is 5.45. The first-order valence-electron chi connectivity index (χ1n) is 7.88. The Hall–Kier alpha value is -1.59. The molecule has 142 valence electrons. The molecular weight excluding hydrogens is 470 g/mol. The van der Waals surface area contributed by atoms with E-state index < -0.39 is 22.0 Å². The molecule has 3 aromatic rings. The van der Waals surface area contributed by atoms with Gasteiger partial charge >= 0.3 is 0 Å². The van der Waals surface area contributed by atoms with Crippen LogP contribution in [0, 0.1) is 6.92 Å². The topological polar surface area (TPSA) is 88.2 Å². The van der Waals surface area contributed by atoms with Crippen molar-refractivity contribution in [2.75, 3.05) is 5.32 Å². The Kier molecular flexibility index (Phi) is 6.43. The number of hydrogen-bond acceptors (Lipinski definition) is 6. The van der Waals surface area contributed by atoms with Crippen LogP contribution in [0.3, 0.4) is 0 Å². The van der Waals surface area contributed by atoms with Gasteiger partial charge in [0.1, 0.15) is 10.3 Å². The normalized spacial score (nSPS) is 12.7. The molecule has 2 N–H and O–H groups in total. The van der Waals surface area contributed by atoms with Gasteiger partial charge in [0.25, 0.3) is 10.0 Å². The summed E-state index contributed by atoms with van der Waals surface area (Å²) in [5.74, 6) is -0.451. The van der Waals surface area contributed by atoms with Crippen molar-refractivity contribution >= 4 is 59.7 Å². The van der Waals surface area contributed by atoms with Crippen LogP contribution < -0.4 is 10.0 Å². The quantitative estimate of drug-likeness (QED) is 0.532. The van der Waals surface area contributed by atoms with Crippen LogP contribution in [0.1, 0.15) is 11.3 Å². The van der Waals surface area contributed by atoms with E-state index >= 15 is 0 Å². The molecule has 6 nitrogen and oxygen atoms in total. The van der Waals surface area contributed by atoms with Crippen molar-refractivity contribution in [1.82, 2.24) is 9.71 Å². The van der Waals surface area contributed by atoms with Crippen LogP contribution in [0.4, 0.5) is 5.13 Å². The highest BCUT2D eigenvalue weighted by Gasteiger charge is 2.27. The van der Waals surface area contributed by atoms with E-state index in [9.17, 15) is 13.2 Å². The summed E-state index contributed by atoms with van der Waals surface area (Å²) in [5, 5.41) is 4.95. The molecule has 1 amide bonds. The molecule has 0 spiro atoms. The van der Waals surface area contributed by atoms with Gasteiger partial charge in [-0.15, -0.1) is 22.7 Å². The first-order valence-corrected chi connectivity index (χ1v) is 11.9. The van der Waals surface area contributed by atoms with Crippen LogP contribution in [0.15, 0.2) is 55.8 Å². The number of hydrogen-bond donors (Lipinski definition) is 2. The lowest BCUT2D eigenvalue weighted by Crippen LogP contribution is -2.45. The maximum absolute atomic E-state index is 12.8. The van der Waals surface area contributed by atoms with E-state index in [4.69, 9.17) is 0 Å². The fourth-order valence-corrected chi connectivity index (χ4v) is 6.24. The van der Waals surface area contributed by atoms with Crippen LogP contribution >= 0.6 is 38.6 Å². The minimum absolute atomic E-state index is 0.144. The van der Waals surface area contributed by atoms with Gasteiger partial charge in [-0.3, -0.25) is 4.79 Å². The summed E-state index contributed by atoms with van der Waals surface area (Å²) in [6, 6.07) is 11.4. The number of thiophene rings is 1. The SMILES string of the molecule is Cc1csc(NC(=O)[C@@H](Cc2ccccc2)NS(=O)(=O)c2ccc(Br)s2)n1. The Balaban J connectivity index is 1.83. The molecule has 1 aromatic carbocycles. The maximum atomic E-state index is 12.8. The van der Waals surface area contributed by atoms with Gasteiger partial charge in [0.15, 0.2) is 5.13 Å². The van der Waals surface area contributed by atoms with E-state index in [2.05, 4.69) is 31.0 Å². The number of sulfonamides is 1. The second-order valence-electron chi connectivity index (χ2n) is 5.71. The highest BCUT2D eigenvalue weighted by Crippen LogP contribution is 2.26. The standard InChI is InChI=1S/C17H16BrN3O3S3/c1-11-10-25-17(19-11)20-16(22)13(9-12-5-3-2-4-6-12)21-27(23,24)15-8-7-14(18)26-15/h2-8,10,13,21H,9H2,1H3,(H,19,20,22)/t13-/m1/s1. The van der Waals surface area contributed by atoms with Gasteiger partial charge in [0.05, 0.1) is 9.48 Å². The second-order valence-corrected chi connectivity index (χ2v) is 11.0. The van der Waals surface area contributed by atoms with E-state index in [1.807, 2.05) is 42.6 Å². The largest absolute Gasteiger partial charge is 0.301 e. The molecule has 2 heterocycles. The van der Waals surface area contributed by atoms with Gasteiger partial charge in [-0.05, 0) is 47.0 Å². The fourth-order valence-electron chi connectivity index (χ4n) is 2.33. The van der Waals surface area contributed by atoms with Crippen LogP contribution in [0.5, 0.6) is 0 Å². The minimum Gasteiger partial charge on any atom is -0.301 e. The highest BCUT2D eigenvalue weighted by molar-refractivity contribution is 9.11. The molecule has 0 aliphatic rings. The van der Waals surface area contributed by atoms with E-state index in [1.165, 1.54) is 17.4 Å². The number of anilines is 1. The van der Waals surface area contributed by atoms with Crippen LogP contribution in [-0.2, 0) is 21.2 Å². The predicted molar refractivity (Wildman–Crippen MR) is 112 cm³/mol. The van der Waals surface area contributed by atoms with Crippen LogP contribution in [0.2, 0.25) is 0 Å². The summed E-state index contributed by atoms with van der Waals surface area (Å²) in [6.07, 6.45) is 0.225. The van der Waals surface area contributed by atoms with E-state index in [1.54, 1.807) is 6.07 Å². The van der Waals surface area contributed by atoms with Crippen LogP contribution in [0.25, 0.3) is 0 Å². The number of nitrogens with zero attached hydrogens (tertiary/aromatic N) is 1. The van der Waals surface area contributed by atoms with Crippen molar-refractivity contribution in [3.63, 3.8) is 0 Å². The molecule has 10 heteroatoms. The molecule has 0 unspecified atom stereocenters. The summed E-state index contributed by atoms with van der Waals surface area (Å²) in [6.45, 7) is 1.82. The average Bonchev–Trinajstić information content (AvgIpc) is 3.24. The number of amides is 1. The molecular formula is C17H16BrN3O3S3. The molecule has 0 bridgehead atoms. The van der Waals surface area contributed by atoms with Gasteiger partial charge in [-0.2, -0.15) is 4.72 Å². The third-order valence-electron chi connectivity index (χ3n) is 3.56. The second kappa shape index (κ2) is 8.61. The summed E-state index contributed by atoms with van der Waals surface area (Å²) >= 11 is 5.64. The van der Waals surface area contributed by atoms with Gasteiger partial charge < -0.3 is 5.32 Å². The molecule has 0 saturated heterocycles. The minimum atomic E-state index is -3.83. The first-order chi connectivity index (χ1) is 12.8. The van der Waals surface area contributed by atoms with Gasteiger partial charge in [-0.25, -0.2) is 13.4 Å². The molecule has 0 radical (unpaired) electrons. The Bertz CT molecular complexity index is 1030. The molecule has 0 aliphatic carbocycles. The summed E-state index contributed by atoms with van der Waals surface area (Å²) in [4.78, 5) is 17.0. The summed E-state index contributed by atoms with van der Waals surface area (Å²) in [7, 11) is -3.83. The zero-order valence-corrected chi connectivity index (χ0v) is 18.2. The number of carbonyl (C=O) groups is 1. The smallest absolute Gasteiger partial charge is 0.250 e. The molecule has 3 rings (SSSR count). The Morgan fingerprint density at radius 3 is 2.56 bits per heavy atom. The van der Waals surface area contributed by atoms with Crippen molar-refractivity contribution < 1.29 is 13.2 Å². The number of nitrogens with one attached hydrogen (secondary N) is 2. The maximum Gasteiger partial charge on any atom is 0.250 e. The van der Waals surface area contributed by atoms with Gasteiger partial charge in [-0.1, -0.05) is 30.3 Å². The number of halogens is 1. The lowest BCUT2D eigenvalue weighted by Gasteiger charge is -2.17.